The predicted octanol–water partition coefficient (Wildman–Crippen LogP) is 3.74. The van der Waals surface area contributed by atoms with E-state index in [9.17, 15) is 9.59 Å². The van der Waals surface area contributed by atoms with E-state index in [1.807, 2.05) is 0 Å². The molecule has 0 saturated carbocycles. The van der Waals surface area contributed by atoms with Crippen LogP contribution < -0.4 is 19.7 Å². The lowest BCUT2D eigenvalue weighted by Crippen LogP contribution is -2.32. The number of amides is 2. The maximum atomic E-state index is 12.2. The van der Waals surface area contributed by atoms with Gasteiger partial charge >= 0.3 is 0 Å². The summed E-state index contributed by atoms with van der Waals surface area (Å²) < 4.78 is 10.5. The van der Waals surface area contributed by atoms with Crippen molar-refractivity contribution < 1.29 is 19.1 Å². The van der Waals surface area contributed by atoms with Crippen molar-refractivity contribution >= 4 is 34.8 Å². The molecule has 0 saturated heterocycles. The summed E-state index contributed by atoms with van der Waals surface area (Å²) in [6.45, 7) is 1.67. The van der Waals surface area contributed by atoms with Gasteiger partial charge in [-0.1, -0.05) is 23.7 Å². The highest BCUT2D eigenvalue weighted by Crippen LogP contribution is 2.31. The summed E-state index contributed by atoms with van der Waals surface area (Å²) in [5, 5.41) is 3.21. The van der Waals surface area contributed by atoms with Gasteiger partial charge in [-0.3, -0.25) is 9.59 Å². The van der Waals surface area contributed by atoms with Gasteiger partial charge < -0.3 is 19.7 Å². The first kappa shape index (κ1) is 19.6. The van der Waals surface area contributed by atoms with Crippen LogP contribution in [0.4, 0.5) is 11.4 Å². The Hall–Kier alpha value is -2.73. The molecule has 0 unspecified atom stereocenters. The first-order valence-electron chi connectivity index (χ1n) is 8.00. The Morgan fingerprint density at radius 3 is 2.38 bits per heavy atom. The summed E-state index contributed by atoms with van der Waals surface area (Å²) in [5.74, 6) is 0.667. The van der Waals surface area contributed by atoms with E-state index in [1.165, 1.54) is 18.9 Å². The minimum Gasteiger partial charge on any atom is -0.493 e. The van der Waals surface area contributed by atoms with Crippen LogP contribution in [0.15, 0.2) is 42.5 Å². The zero-order valence-corrected chi connectivity index (χ0v) is 15.7. The number of hydrogen-bond donors (Lipinski definition) is 1. The Labute approximate surface area is 157 Å². The fraction of sp³-hybridized carbons (Fsp3) is 0.263. The molecule has 0 atom stereocenters. The van der Waals surface area contributed by atoms with Crippen LogP contribution in [0.2, 0.25) is 5.02 Å². The predicted molar refractivity (Wildman–Crippen MR) is 102 cm³/mol. The number of nitrogens with zero attached hydrogens (tertiary/aromatic N) is 1. The van der Waals surface area contributed by atoms with E-state index in [1.54, 1.807) is 49.6 Å². The largest absolute Gasteiger partial charge is 0.493 e. The molecule has 0 heterocycles. The van der Waals surface area contributed by atoms with Crippen molar-refractivity contribution in [1.29, 1.82) is 0 Å². The Morgan fingerprint density at radius 2 is 1.77 bits per heavy atom. The van der Waals surface area contributed by atoms with Gasteiger partial charge in [-0.2, -0.15) is 0 Å². The molecular weight excluding hydrogens is 356 g/mol. The van der Waals surface area contributed by atoms with Crippen LogP contribution in [0.1, 0.15) is 13.3 Å². The third kappa shape index (κ3) is 4.89. The fourth-order valence-electron chi connectivity index (χ4n) is 2.45. The molecule has 7 heteroatoms. The van der Waals surface area contributed by atoms with Gasteiger partial charge in [-0.05, 0) is 24.3 Å². The molecule has 0 aliphatic carbocycles. The Balaban J connectivity index is 2.08. The molecule has 2 amide bonds. The molecule has 2 aromatic rings. The molecule has 2 aromatic carbocycles. The van der Waals surface area contributed by atoms with Crippen molar-refractivity contribution in [3.63, 3.8) is 0 Å². The third-order valence-electron chi connectivity index (χ3n) is 3.77. The third-order valence-corrected chi connectivity index (χ3v) is 4.10. The average Bonchev–Trinajstić information content (AvgIpc) is 2.63. The lowest BCUT2D eigenvalue weighted by atomic mass is 10.2. The maximum Gasteiger partial charge on any atom is 0.226 e. The Bertz CT molecular complexity index is 795. The Kier molecular flexibility index (Phi) is 6.86. The molecule has 0 radical (unpaired) electrons. The van der Waals surface area contributed by atoms with Gasteiger partial charge in [0.15, 0.2) is 11.5 Å². The van der Waals surface area contributed by atoms with Crippen molar-refractivity contribution in [2.75, 3.05) is 31.0 Å². The summed E-state index contributed by atoms with van der Waals surface area (Å²) >= 11 is 6.03. The van der Waals surface area contributed by atoms with E-state index in [2.05, 4.69) is 5.32 Å². The number of hydrogen-bond acceptors (Lipinski definition) is 4. The summed E-state index contributed by atoms with van der Waals surface area (Å²) in [7, 11) is 3.07. The van der Waals surface area contributed by atoms with Crippen molar-refractivity contribution in [2.45, 2.75) is 13.3 Å². The standard InChI is InChI=1S/C19H21ClN2O4/c1-13(23)22(14-8-9-17(25-2)18(12-14)26-3)11-10-19(24)21-16-7-5-4-6-15(16)20/h4-9,12H,10-11H2,1-3H3,(H,21,24). The first-order valence-corrected chi connectivity index (χ1v) is 8.38. The second-order valence-electron chi connectivity index (χ2n) is 5.49. The normalized spacial score (nSPS) is 10.2. The second-order valence-corrected chi connectivity index (χ2v) is 5.90. The summed E-state index contributed by atoms with van der Waals surface area (Å²) in [6, 6.07) is 12.1. The van der Waals surface area contributed by atoms with Crippen LogP contribution >= 0.6 is 11.6 Å². The highest BCUT2D eigenvalue weighted by Gasteiger charge is 2.16. The molecule has 26 heavy (non-hydrogen) atoms. The van der Waals surface area contributed by atoms with E-state index >= 15 is 0 Å². The number of nitrogens with one attached hydrogen (secondary N) is 1. The SMILES string of the molecule is COc1ccc(N(CCC(=O)Nc2ccccc2Cl)C(C)=O)cc1OC. The van der Waals surface area contributed by atoms with Crippen LogP contribution in [0.25, 0.3) is 0 Å². The van der Waals surface area contributed by atoms with Crippen LogP contribution in [-0.4, -0.2) is 32.6 Å². The van der Waals surface area contributed by atoms with Gasteiger partial charge in [0.2, 0.25) is 11.8 Å². The van der Waals surface area contributed by atoms with E-state index in [0.29, 0.717) is 27.9 Å². The van der Waals surface area contributed by atoms with E-state index in [0.717, 1.165) is 0 Å². The number of anilines is 2. The topological polar surface area (TPSA) is 67.9 Å². The van der Waals surface area contributed by atoms with E-state index < -0.39 is 0 Å². The number of methoxy groups -OCH3 is 2. The quantitative estimate of drug-likeness (QED) is 0.799. The molecule has 6 nitrogen and oxygen atoms in total. The monoisotopic (exact) mass is 376 g/mol. The summed E-state index contributed by atoms with van der Waals surface area (Å²) in [4.78, 5) is 25.7. The molecule has 0 fully saturated rings. The van der Waals surface area contributed by atoms with Crippen molar-refractivity contribution in [2.24, 2.45) is 0 Å². The van der Waals surface area contributed by atoms with E-state index in [-0.39, 0.29) is 24.8 Å². The van der Waals surface area contributed by atoms with Crippen LogP contribution in [-0.2, 0) is 9.59 Å². The number of carbonyl (C=O) groups is 2. The van der Waals surface area contributed by atoms with Crippen molar-refractivity contribution in [3.05, 3.63) is 47.5 Å². The molecule has 1 N–H and O–H groups in total. The molecule has 0 bridgehead atoms. The molecular formula is C19H21ClN2O4. The van der Waals surface area contributed by atoms with Crippen LogP contribution in [0.3, 0.4) is 0 Å². The van der Waals surface area contributed by atoms with Gasteiger partial charge in [-0.25, -0.2) is 0 Å². The lowest BCUT2D eigenvalue weighted by molar-refractivity contribution is -0.117. The second kappa shape index (κ2) is 9.10. The minimum atomic E-state index is -0.232. The average molecular weight is 377 g/mol. The molecule has 0 spiro atoms. The van der Waals surface area contributed by atoms with Gasteiger partial charge in [0.05, 0.1) is 24.9 Å². The van der Waals surface area contributed by atoms with Gasteiger partial charge in [0, 0.05) is 31.6 Å². The van der Waals surface area contributed by atoms with Crippen LogP contribution in [0, 0.1) is 0 Å². The minimum absolute atomic E-state index is 0.124. The zero-order chi connectivity index (χ0) is 19.1. The smallest absolute Gasteiger partial charge is 0.226 e. The number of rotatable bonds is 7. The van der Waals surface area contributed by atoms with Crippen molar-refractivity contribution in [1.82, 2.24) is 0 Å². The molecule has 2 rings (SSSR count). The molecule has 138 valence electrons. The molecule has 0 aliphatic heterocycles. The summed E-state index contributed by atoms with van der Waals surface area (Å²) in [6.07, 6.45) is 0.124. The highest BCUT2D eigenvalue weighted by molar-refractivity contribution is 6.33. The summed E-state index contributed by atoms with van der Waals surface area (Å²) in [5.41, 5.74) is 1.17. The van der Waals surface area contributed by atoms with Crippen molar-refractivity contribution in [3.8, 4) is 11.5 Å². The number of benzene rings is 2. The number of carbonyl (C=O) groups excluding carboxylic acids is 2. The number of halogens is 1. The van der Waals surface area contributed by atoms with Gasteiger partial charge in [0.25, 0.3) is 0 Å². The molecule has 0 aliphatic rings. The number of para-hydroxylation sites is 1. The van der Waals surface area contributed by atoms with Crippen LogP contribution in [0.5, 0.6) is 11.5 Å². The van der Waals surface area contributed by atoms with Gasteiger partial charge in [-0.15, -0.1) is 0 Å². The molecule has 0 aromatic heterocycles. The first-order chi connectivity index (χ1) is 12.5. The lowest BCUT2D eigenvalue weighted by Gasteiger charge is -2.22. The number of ether oxygens (including phenoxy) is 2. The fourth-order valence-corrected chi connectivity index (χ4v) is 2.63. The Morgan fingerprint density at radius 1 is 1.08 bits per heavy atom. The highest BCUT2D eigenvalue weighted by atomic mass is 35.5. The van der Waals surface area contributed by atoms with E-state index in [4.69, 9.17) is 21.1 Å². The zero-order valence-electron chi connectivity index (χ0n) is 14.9. The van der Waals surface area contributed by atoms with Gasteiger partial charge in [0.1, 0.15) is 0 Å². The maximum absolute atomic E-state index is 12.2.